The third-order valence-corrected chi connectivity index (χ3v) is 2.47. The first-order valence-corrected chi connectivity index (χ1v) is 4.52. The molecule has 2 N–H and O–H groups in total. The van der Waals surface area contributed by atoms with E-state index >= 15 is 0 Å². The van der Waals surface area contributed by atoms with Crippen LogP contribution < -0.4 is 5.32 Å². The molecule has 1 aliphatic heterocycles. The van der Waals surface area contributed by atoms with E-state index in [1.54, 1.807) is 0 Å². The maximum absolute atomic E-state index is 13.0. The fourth-order valence-corrected chi connectivity index (χ4v) is 1.72. The van der Waals surface area contributed by atoms with Crippen molar-refractivity contribution < 1.29 is 18.7 Å². The smallest absolute Gasteiger partial charge is 0.220 e. The molecular weight excluding hydrogens is 204 g/mol. The van der Waals surface area contributed by atoms with Gasteiger partial charge in [-0.25, -0.2) is 8.78 Å². The lowest BCUT2D eigenvalue weighted by Crippen LogP contribution is -2.13. The first-order chi connectivity index (χ1) is 7.08. The van der Waals surface area contributed by atoms with E-state index in [9.17, 15) is 18.7 Å². The third-order valence-electron chi connectivity index (χ3n) is 2.47. The van der Waals surface area contributed by atoms with Gasteiger partial charge in [0, 0.05) is 30.5 Å². The van der Waals surface area contributed by atoms with Crippen molar-refractivity contribution >= 4 is 5.91 Å². The highest BCUT2D eigenvalue weighted by Crippen LogP contribution is 2.32. The maximum Gasteiger partial charge on any atom is 0.220 e. The molecule has 3 nitrogen and oxygen atoms in total. The second kappa shape index (κ2) is 3.49. The number of hydrogen-bond donors (Lipinski definition) is 2. The quantitative estimate of drug-likeness (QED) is 0.738. The van der Waals surface area contributed by atoms with Crippen LogP contribution in [-0.4, -0.2) is 17.6 Å². The molecule has 0 spiro atoms. The largest absolute Gasteiger partial charge is 0.505 e. The summed E-state index contributed by atoms with van der Waals surface area (Å²) in [6, 6.07) is 1.67. The molecule has 1 aromatic carbocycles. The molecule has 1 saturated heterocycles. The third kappa shape index (κ3) is 1.77. The van der Waals surface area contributed by atoms with Crippen molar-refractivity contribution in [3.8, 4) is 5.75 Å². The number of hydrogen-bond acceptors (Lipinski definition) is 2. The van der Waals surface area contributed by atoms with Crippen LogP contribution in [-0.2, 0) is 4.79 Å². The summed E-state index contributed by atoms with van der Waals surface area (Å²) in [5.41, 5.74) is 0.144. The summed E-state index contributed by atoms with van der Waals surface area (Å²) in [6.07, 6.45) is 0.149. The van der Waals surface area contributed by atoms with E-state index in [-0.39, 0.29) is 23.8 Å². The molecule has 1 fully saturated rings. The Morgan fingerprint density at radius 1 is 1.40 bits per heavy atom. The number of halogens is 2. The summed E-state index contributed by atoms with van der Waals surface area (Å²) >= 11 is 0. The van der Waals surface area contributed by atoms with Gasteiger partial charge in [-0.05, 0) is 6.07 Å². The van der Waals surface area contributed by atoms with Crippen LogP contribution in [0.5, 0.6) is 5.75 Å². The molecular formula is C10H9F2NO2. The minimum absolute atomic E-state index is 0.144. The molecule has 0 bridgehead atoms. The number of amides is 1. The molecule has 15 heavy (non-hydrogen) atoms. The Morgan fingerprint density at radius 3 is 2.73 bits per heavy atom. The molecule has 0 saturated carbocycles. The van der Waals surface area contributed by atoms with E-state index in [0.717, 1.165) is 6.07 Å². The van der Waals surface area contributed by atoms with E-state index in [1.807, 2.05) is 0 Å². The number of carbonyl (C=O) groups is 1. The number of nitrogens with one attached hydrogen (secondary N) is 1. The van der Waals surface area contributed by atoms with Crippen LogP contribution in [0.1, 0.15) is 17.9 Å². The van der Waals surface area contributed by atoms with Gasteiger partial charge in [0.2, 0.25) is 5.91 Å². The zero-order valence-electron chi connectivity index (χ0n) is 7.76. The summed E-state index contributed by atoms with van der Waals surface area (Å²) < 4.78 is 25.9. The van der Waals surface area contributed by atoms with Crippen molar-refractivity contribution in [3.63, 3.8) is 0 Å². The first kappa shape index (κ1) is 9.89. The van der Waals surface area contributed by atoms with Crippen LogP contribution in [0.15, 0.2) is 12.1 Å². The number of phenols is 1. The van der Waals surface area contributed by atoms with Crippen LogP contribution in [0.2, 0.25) is 0 Å². The van der Waals surface area contributed by atoms with Crippen LogP contribution in [0, 0.1) is 11.6 Å². The fourth-order valence-electron chi connectivity index (χ4n) is 1.72. The molecule has 1 aliphatic rings. The van der Waals surface area contributed by atoms with Crippen LogP contribution in [0.4, 0.5) is 8.78 Å². The maximum atomic E-state index is 13.0. The van der Waals surface area contributed by atoms with E-state index in [1.165, 1.54) is 0 Å². The molecule has 80 valence electrons. The van der Waals surface area contributed by atoms with Crippen molar-refractivity contribution in [1.82, 2.24) is 5.32 Å². The van der Waals surface area contributed by atoms with E-state index in [2.05, 4.69) is 5.32 Å². The summed E-state index contributed by atoms with van der Waals surface area (Å²) in [5, 5.41) is 11.9. The van der Waals surface area contributed by atoms with Gasteiger partial charge in [0.25, 0.3) is 0 Å². The lowest BCUT2D eigenvalue weighted by molar-refractivity contribution is -0.119. The molecule has 1 amide bonds. The average Bonchev–Trinajstić information content (AvgIpc) is 2.58. The zero-order chi connectivity index (χ0) is 11.0. The molecule has 2 rings (SSSR count). The summed E-state index contributed by atoms with van der Waals surface area (Å²) in [5.74, 6) is -2.85. The molecule has 5 heteroatoms. The Kier molecular flexibility index (Phi) is 2.30. The van der Waals surface area contributed by atoms with Gasteiger partial charge < -0.3 is 10.4 Å². The molecule has 1 atom stereocenters. The van der Waals surface area contributed by atoms with Crippen LogP contribution in [0.3, 0.4) is 0 Å². The van der Waals surface area contributed by atoms with E-state index in [0.29, 0.717) is 12.6 Å². The zero-order valence-corrected chi connectivity index (χ0v) is 7.76. The van der Waals surface area contributed by atoms with Crippen LogP contribution in [0.25, 0.3) is 0 Å². The monoisotopic (exact) mass is 213 g/mol. The Bertz CT molecular complexity index is 420. The lowest BCUT2D eigenvalue weighted by Gasteiger charge is -2.10. The highest BCUT2D eigenvalue weighted by Gasteiger charge is 2.27. The van der Waals surface area contributed by atoms with Gasteiger partial charge in [0.1, 0.15) is 5.82 Å². The highest BCUT2D eigenvalue weighted by molar-refractivity contribution is 5.79. The Morgan fingerprint density at radius 2 is 2.13 bits per heavy atom. The second-order valence-corrected chi connectivity index (χ2v) is 3.53. The summed E-state index contributed by atoms with van der Waals surface area (Å²) in [7, 11) is 0. The van der Waals surface area contributed by atoms with Gasteiger partial charge in [-0.2, -0.15) is 0 Å². The molecule has 1 unspecified atom stereocenters. The minimum atomic E-state index is -0.996. The Balaban J connectivity index is 2.39. The fraction of sp³-hybridized carbons (Fsp3) is 0.300. The highest BCUT2D eigenvalue weighted by atomic mass is 19.1. The minimum Gasteiger partial charge on any atom is -0.505 e. The predicted octanol–water partition coefficient (Wildman–Crippen LogP) is 1.27. The lowest BCUT2D eigenvalue weighted by atomic mass is 9.97. The van der Waals surface area contributed by atoms with E-state index < -0.39 is 17.4 Å². The second-order valence-electron chi connectivity index (χ2n) is 3.53. The molecule has 0 aliphatic carbocycles. The number of carbonyl (C=O) groups excluding carboxylic acids is 1. The van der Waals surface area contributed by atoms with Crippen molar-refractivity contribution in [3.05, 3.63) is 29.3 Å². The SMILES string of the molecule is O=C1CC(c2cc(F)cc(F)c2O)CN1. The van der Waals surface area contributed by atoms with Gasteiger partial charge >= 0.3 is 0 Å². The van der Waals surface area contributed by atoms with Crippen LogP contribution >= 0.6 is 0 Å². The topological polar surface area (TPSA) is 49.3 Å². The van der Waals surface area contributed by atoms with Crippen molar-refractivity contribution in [1.29, 1.82) is 0 Å². The van der Waals surface area contributed by atoms with Crippen molar-refractivity contribution in [2.75, 3.05) is 6.54 Å². The van der Waals surface area contributed by atoms with Gasteiger partial charge in [-0.1, -0.05) is 0 Å². The number of aromatic hydroxyl groups is 1. The van der Waals surface area contributed by atoms with Crippen molar-refractivity contribution in [2.24, 2.45) is 0 Å². The Labute approximate surface area is 84.7 Å². The number of rotatable bonds is 1. The molecule has 0 aromatic heterocycles. The molecule has 1 aromatic rings. The first-order valence-electron chi connectivity index (χ1n) is 4.52. The predicted molar refractivity (Wildman–Crippen MR) is 48.4 cm³/mol. The van der Waals surface area contributed by atoms with Crippen molar-refractivity contribution in [2.45, 2.75) is 12.3 Å². The average molecular weight is 213 g/mol. The van der Waals surface area contributed by atoms with Gasteiger partial charge in [0.15, 0.2) is 11.6 Å². The number of benzene rings is 1. The van der Waals surface area contributed by atoms with E-state index in [4.69, 9.17) is 0 Å². The Hall–Kier alpha value is -1.65. The molecule has 1 heterocycles. The standard InChI is InChI=1S/C10H9F2NO2/c11-6-2-7(10(15)8(12)3-6)5-1-9(14)13-4-5/h2-3,5,15H,1,4H2,(H,13,14). The normalized spacial score (nSPS) is 20.4. The van der Waals surface area contributed by atoms with Gasteiger partial charge in [0.05, 0.1) is 0 Å². The van der Waals surface area contributed by atoms with Gasteiger partial charge in [-0.15, -0.1) is 0 Å². The van der Waals surface area contributed by atoms with Gasteiger partial charge in [-0.3, -0.25) is 4.79 Å². The summed E-state index contributed by atoms with van der Waals surface area (Å²) in [6.45, 7) is 0.301. The summed E-state index contributed by atoms with van der Waals surface area (Å²) in [4.78, 5) is 10.9. The number of phenolic OH excluding ortho intramolecular Hbond substituents is 1. The molecule has 0 radical (unpaired) electrons.